The van der Waals surface area contributed by atoms with Gasteiger partial charge in [0.15, 0.2) is 0 Å². The Hall–Kier alpha value is -0.830. The summed E-state index contributed by atoms with van der Waals surface area (Å²) in [5.74, 6) is 0.0572. The quantitative estimate of drug-likeness (QED) is 0.584. The van der Waals surface area contributed by atoms with Crippen molar-refractivity contribution >= 4 is 5.91 Å². The van der Waals surface area contributed by atoms with Crippen molar-refractivity contribution in [3.63, 3.8) is 0 Å². The van der Waals surface area contributed by atoms with Crippen LogP contribution < -0.4 is 10.6 Å². The highest BCUT2D eigenvalue weighted by molar-refractivity contribution is 5.81. The number of carbonyl (C=O) groups excluding carboxylic acids is 1. The SMILES string of the molecule is C=CCNC(=O)C(C)NC1CC1. The maximum Gasteiger partial charge on any atom is 0.237 e. The highest BCUT2D eigenvalue weighted by atomic mass is 16.2. The highest BCUT2D eigenvalue weighted by Crippen LogP contribution is 2.19. The van der Waals surface area contributed by atoms with Crippen molar-refractivity contribution in [2.75, 3.05) is 6.54 Å². The molecule has 0 aromatic rings. The van der Waals surface area contributed by atoms with Crippen LogP contribution in [0, 0.1) is 0 Å². The van der Waals surface area contributed by atoms with Gasteiger partial charge in [0.05, 0.1) is 6.04 Å². The molecule has 0 heterocycles. The van der Waals surface area contributed by atoms with Crippen LogP contribution in [0.3, 0.4) is 0 Å². The van der Waals surface area contributed by atoms with E-state index < -0.39 is 0 Å². The number of amides is 1. The van der Waals surface area contributed by atoms with Crippen LogP contribution in [0.5, 0.6) is 0 Å². The normalized spacial score (nSPS) is 18.4. The predicted octanol–water partition coefficient (Wildman–Crippen LogP) is 0.429. The molecular formula is C9H16N2O. The van der Waals surface area contributed by atoms with Crippen molar-refractivity contribution < 1.29 is 4.79 Å². The van der Waals surface area contributed by atoms with E-state index in [-0.39, 0.29) is 11.9 Å². The summed E-state index contributed by atoms with van der Waals surface area (Å²) in [5, 5.41) is 5.96. The third-order valence-electron chi connectivity index (χ3n) is 1.88. The third-order valence-corrected chi connectivity index (χ3v) is 1.88. The Morgan fingerprint density at radius 3 is 2.92 bits per heavy atom. The number of carbonyl (C=O) groups is 1. The Bertz CT molecular complexity index is 175. The first-order valence-corrected chi connectivity index (χ1v) is 4.38. The van der Waals surface area contributed by atoms with E-state index in [1.807, 2.05) is 6.92 Å². The van der Waals surface area contributed by atoms with Crippen molar-refractivity contribution in [2.24, 2.45) is 0 Å². The summed E-state index contributed by atoms with van der Waals surface area (Å²) in [7, 11) is 0. The van der Waals surface area contributed by atoms with Crippen LogP contribution in [0.4, 0.5) is 0 Å². The molecule has 2 N–H and O–H groups in total. The molecule has 1 aliphatic rings. The molecule has 3 heteroatoms. The lowest BCUT2D eigenvalue weighted by molar-refractivity contribution is -0.122. The zero-order valence-corrected chi connectivity index (χ0v) is 7.47. The van der Waals surface area contributed by atoms with Crippen LogP contribution in [-0.2, 0) is 4.79 Å². The second-order valence-electron chi connectivity index (χ2n) is 3.20. The lowest BCUT2D eigenvalue weighted by Gasteiger charge is -2.11. The molecule has 0 saturated heterocycles. The van der Waals surface area contributed by atoms with Gasteiger partial charge >= 0.3 is 0 Å². The summed E-state index contributed by atoms with van der Waals surface area (Å²) < 4.78 is 0. The molecule has 12 heavy (non-hydrogen) atoms. The molecule has 3 nitrogen and oxygen atoms in total. The van der Waals surface area contributed by atoms with Crippen molar-refractivity contribution in [1.82, 2.24) is 10.6 Å². The summed E-state index contributed by atoms with van der Waals surface area (Å²) in [6.07, 6.45) is 4.10. The highest BCUT2D eigenvalue weighted by Gasteiger charge is 2.25. The van der Waals surface area contributed by atoms with Crippen molar-refractivity contribution in [3.05, 3.63) is 12.7 Å². The van der Waals surface area contributed by atoms with Crippen LogP contribution in [0.1, 0.15) is 19.8 Å². The largest absolute Gasteiger partial charge is 0.351 e. The summed E-state index contributed by atoms with van der Waals surface area (Å²) in [5.41, 5.74) is 0. The smallest absolute Gasteiger partial charge is 0.237 e. The summed E-state index contributed by atoms with van der Waals surface area (Å²) in [6.45, 7) is 5.97. The molecule has 0 aliphatic heterocycles. The first kappa shape index (κ1) is 9.26. The molecule has 0 bridgehead atoms. The summed E-state index contributed by atoms with van der Waals surface area (Å²) in [4.78, 5) is 11.2. The molecule has 0 aromatic carbocycles. The van der Waals surface area contributed by atoms with Crippen LogP contribution in [0.15, 0.2) is 12.7 Å². The van der Waals surface area contributed by atoms with Crippen LogP contribution in [0.2, 0.25) is 0 Å². The van der Waals surface area contributed by atoms with Gasteiger partial charge in [0, 0.05) is 12.6 Å². The Kier molecular flexibility index (Phi) is 3.29. The number of nitrogens with one attached hydrogen (secondary N) is 2. The van der Waals surface area contributed by atoms with E-state index in [0.717, 1.165) is 0 Å². The lowest BCUT2D eigenvalue weighted by atomic mass is 10.3. The molecule has 1 atom stereocenters. The predicted molar refractivity (Wildman–Crippen MR) is 48.8 cm³/mol. The molecule has 1 fully saturated rings. The molecule has 1 saturated carbocycles. The fraction of sp³-hybridized carbons (Fsp3) is 0.667. The van der Waals surface area contributed by atoms with Gasteiger partial charge in [-0.1, -0.05) is 6.08 Å². The van der Waals surface area contributed by atoms with E-state index in [1.165, 1.54) is 12.8 Å². The third kappa shape index (κ3) is 3.05. The van der Waals surface area contributed by atoms with Crippen LogP contribution in [-0.4, -0.2) is 24.5 Å². The Morgan fingerprint density at radius 2 is 2.42 bits per heavy atom. The fourth-order valence-electron chi connectivity index (χ4n) is 1.01. The monoisotopic (exact) mass is 168 g/mol. The number of hydrogen-bond acceptors (Lipinski definition) is 2. The van der Waals surface area contributed by atoms with Gasteiger partial charge in [-0.2, -0.15) is 0 Å². The van der Waals surface area contributed by atoms with Gasteiger partial charge in [0.1, 0.15) is 0 Å². The Morgan fingerprint density at radius 1 is 1.75 bits per heavy atom. The van der Waals surface area contributed by atoms with E-state index in [9.17, 15) is 4.79 Å². The zero-order chi connectivity index (χ0) is 8.97. The minimum atomic E-state index is -0.0718. The number of hydrogen-bond donors (Lipinski definition) is 2. The van der Waals surface area contributed by atoms with Gasteiger partial charge in [-0.25, -0.2) is 0 Å². The Balaban J connectivity index is 2.14. The average Bonchev–Trinajstić information content (AvgIpc) is 2.83. The molecule has 1 unspecified atom stereocenters. The van der Waals surface area contributed by atoms with Gasteiger partial charge in [-0.3, -0.25) is 4.79 Å². The standard InChI is InChI=1S/C9H16N2O/c1-3-6-10-9(12)7(2)11-8-4-5-8/h3,7-8,11H,1,4-6H2,2H3,(H,10,12). The molecule has 0 aromatic heterocycles. The molecule has 68 valence electrons. The lowest BCUT2D eigenvalue weighted by Crippen LogP contribution is -2.43. The van der Waals surface area contributed by atoms with Gasteiger partial charge in [-0.05, 0) is 19.8 Å². The van der Waals surface area contributed by atoms with E-state index in [2.05, 4.69) is 17.2 Å². The van der Waals surface area contributed by atoms with Gasteiger partial charge in [0.2, 0.25) is 5.91 Å². The fourth-order valence-corrected chi connectivity index (χ4v) is 1.01. The van der Waals surface area contributed by atoms with Gasteiger partial charge in [-0.15, -0.1) is 6.58 Å². The summed E-state index contributed by atoms with van der Waals surface area (Å²) in [6, 6.07) is 0.506. The van der Waals surface area contributed by atoms with Crippen LogP contribution >= 0.6 is 0 Å². The maximum absolute atomic E-state index is 11.2. The second-order valence-corrected chi connectivity index (χ2v) is 3.20. The summed E-state index contributed by atoms with van der Waals surface area (Å²) >= 11 is 0. The molecule has 0 spiro atoms. The van der Waals surface area contributed by atoms with E-state index in [4.69, 9.17) is 0 Å². The van der Waals surface area contributed by atoms with E-state index in [1.54, 1.807) is 6.08 Å². The molecular weight excluding hydrogens is 152 g/mol. The topological polar surface area (TPSA) is 41.1 Å². The Labute approximate surface area is 73.2 Å². The molecule has 1 amide bonds. The average molecular weight is 168 g/mol. The second kappa shape index (κ2) is 4.26. The van der Waals surface area contributed by atoms with Crippen molar-refractivity contribution in [1.29, 1.82) is 0 Å². The zero-order valence-electron chi connectivity index (χ0n) is 7.47. The molecule has 1 aliphatic carbocycles. The molecule has 0 radical (unpaired) electrons. The first-order valence-electron chi connectivity index (χ1n) is 4.38. The minimum absolute atomic E-state index is 0.0572. The van der Waals surface area contributed by atoms with E-state index >= 15 is 0 Å². The van der Waals surface area contributed by atoms with E-state index in [0.29, 0.717) is 12.6 Å². The number of rotatable bonds is 5. The minimum Gasteiger partial charge on any atom is -0.351 e. The van der Waals surface area contributed by atoms with Crippen molar-refractivity contribution in [3.8, 4) is 0 Å². The maximum atomic E-state index is 11.2. The van der Waals surface area contributed by atoms with Crippen LogP contribution in [0.25, 0.3) is 0 Å². The molecule has 1 rings (SSSR count). The first-order chi connectivity index (χ1) is 5.74. The van der Waals surface area contributed by atoms with Gasteiger partial charge in [0.25, 0.3) is 0 Å². The van der Waals surface area contributed by atoms with Crippen molar-refractivity contribution in [2.45, 2.75) is 31.8 Å². The van der Waals surface area contributed by atoms with Gasteiger partial charge < -0.3 is 10.6 Å².